The van der Waals surface area contributed by atoms with Crippen molar-refractivity contribution in [2.24, 2.45) is 5.41 Å². The average Bonchev–Trinajstić information content (AvgIpc) is 3.16. The first-order valence-corrected chi connectivity index (χ1v) is 8.52. The van der Waals surface area contributed by atoms with E-state index in [1.54, 1.807) is 6.07 Å². The third-order valence-electron chi connectivity index (χ3n) is 4.08. The van der Waals surface area contributed by atoms with Crippen LogP contribution in [-0.4, -0.2) is 39.0 Å². The van der Waals surface area contributed by atoms with Crippen molar-refractivity contribution in [2.45, 2.75) is 46.1 Å². The van der Waals surface area contributed by atoms with E-state index in [-0.39, 0.29) is 11.3 Å². The first kappa shape index (κ1) is 16.7. The third kappa shape index (κ3) is 4.23. The molecule has 0 saturated carbocycles. The van der Waals surface area contributed by atoms with Crippen molar-refractivity contribution in [1.82, 2.24) is 25.3 Å². The van der Waals surface area contributed by atoms with E-state index in [2.05, 4.69) is 46.7 Å². The molecular formula is C17H26N6O. The number of amides is 1. The summed E-state index contributed by atoms with van der Waals surface area (Å²) in [5.41, 5.74) is 1.60. The summed E-state index contributed by atoms with van der Waals surface area (Å²) in [6.07, 6.45) is 4.97. The van der Waals surface area contributed by atoms with E-state index < -0.39 is 0 Å². The Morgan fingerprint density at radius 3 is 3.00 bits per heavy atom. The molecule has 130 valence electrons. The molecule has 7 heteroatoms. The number of hydrogen-bond donors (Lipinski definition) is 3. The van der Waals surface area contributed by atoms with Gasteiger partial charge in [-0.1, -0.05) is 20.8 Å². The Labute approximate surface area is 142 Å². The van der Waals surface area contributed by atoms with E-state index in [0.29, 0.717) is 17.6 Å². The summed E-state index contributed by atoms with van der Waals surface area (Å²) in [5.74, 6) is 0.305. The minimum atomic E-state index is -0.230. The monoisotopic (exact) mass is 330 g/mol. The van der Waals surface area contributed by atoms with Crippen LogP contribution in [0, 0.1) is 5.41 Å². The number of aromatic amines is 1. The Kier molecular flexibility index (Phi) is 4.71. The highest BCUT2D eigenvalue weighted by Crippen LogP contribution is 2.21. The summed E-state index contributed by atoms with van der Waals surface area (Å²) in [4.78, 5) is 12.3. The number of carbonyl (C=O) groups is 1. The first-order chi connectivity index (χ1) is 11.4. The Hall–Kier alpha value is -2.15. The molecule has 7 nitrogen and oxygen atoms in total. The molecule has 1 amide bonds. The number of anilines is 1. The van der Waals surface area contributed by atoms with E-state index in [1.807, 2.05) is 16.9 Å². The maximum atomic E-state index is 12.3. The minimum absolute atomic E-state index is 0.167. The average molecular weight is 330 g/mol. The lowest BCUT2D eigenvalue weighted by Crippen LogP contribution is -2.32. The normalized spacial score (nSPS) is 18.5. The van der Waals surface area contributed by atoms with Crippen LogP contribution in [0.2, 0.25) is 0 Å². The van der Waals surface area contributed by atoms with Crippen LogP contribution in [0.15, 0.2) is 18.3 Å². The molecule has 0 spiro atoms. The number of nitrogens with zero attached hydrogens (tertiary/aromatic N) is 3. The number of carbonyl (C=O) groups excluding carboxylic acids is 1. The van der Waals surface area contributed by atoms with E-state index >= 15 is 0 Å². The van der Waals surface area contributed by atoms with Gasteiger partial charge in [0, 0.05) is 24.5 Å². The predicted molar refractivity (Wildman–Crippen MR) is 93.1 cm³/mol. The molecule has 1 aliphatic heterocycles. The summed E-state index contributed by atoms with van der Waals surface area (Å²) in [6.45, 7) is 8.45. The number of aromatic nitrogens is 4. The summed E-state index contributed by atoms with van der Waals surface area (Å²) in [5, 5.41) is 17.7. The fourth-order valence-corrected chi connectivity index (χ4v) is 2.99. The van der Waals surface area contributed by atoms with Gasteiger partial charge < -0.3 is 10.6 Å². The van der Waals surface area contributed by atoms with E-state index in [9.17, 15) is 4.79 Å². The molecule has 2 aromatic heterocycles. The standard InChI is InChI=1S/C17H26N6O/c1-17(2,3)10-12-9-15(21-20-12)19-16(24)14-6-8-23(22-14)13-5-4-7-18-11-13/h6,8-9,13,18H,4-5,7,10-11H2,1-3H3,(H2,19,20,21,24). The van der Waals surface area contributed by atoms with Crippen LogP contribution in [0.3, 0.4) is 0 Å². The van der Waals surface area contributed by atoms with Gasteiger partial charge in [0.1, 0.15) is 0 Å². The predicted octanol–water partition coefficient (Wildman–Crippen LogP) is 2.37. The number of rotatable bonds is 4. The number of hydrogen-bond acceptors (Lipinski definition) is 4. The Balaban J connectivity index is 1.62. The van der Waals surface area contributed by atoms with Crippen molar-refractivity contribution in [3.63, 3.8) is 0 Å². The zero-order valence-corrected chi connectivity index (χ0v) is 14.6. The van der Waals surface area contributed by atoms with Crippen molar-refractivity contribution >= 4 is 11.7 Å². The summed E-state index contributed by atoms with van der Waals surface area (Å²) < 4.78 is 1.89. The lowest BCUT2D eigenvalue weighted by molar-refractivity contribution is 0.102. The summed E-state index contributed by atoms with van der Waals surface area (Å²) >= 11 is 0. The molecule has 3 rings (SSSR count). The van der Waals surface area contributed by atoms with Crippen LogP contribution < -0.4 is 10.6 Å². The lowest BCUT2D eigenvalue weighted by Gasteiger charge is -2.22. The highest BCUT2D eigenvalue weighted by molar-refractivity contribution is 6.02. The van der Waals surface area contributed by atoms with Crippen LogP contribution in [-0.2, 0) is 6.42 Å². The van der Waals surface area contributed by atoms with Gasteiger partial charge in [-0.2, -0.15) is 10.2 Å². The second-order valence-electron chi connectivity index (χ2n) is 7.65. The molecule has 1 saturated heterocycles. The molecule has 0 radical (unpaired) electrons. The molecule has 0 aromatic carbocycles. The van der Waals surface area contributed by atoms with Gasteiger partial charge in [0.05, 0.1) is 6.04 Å². The lowest BCUT2D eigenvalue weighted by atomic mass is 9.91. The summed E-state index contributed by atoms with van der Waals surface area (Å²) in [7, 11) is 0. The van der Waals surface area contributed by atoms with Crippen LogP contribution >= 0.6 is 0 Å². The second kappa shape index (κ2) is 6.76. The van der Waals surface area contributed by atoms with Gasteiger partial charge in [0.15, 0.2) is 11.5 Å². The minimum Gasteiger partial charge on any atom is -0.315 e. The zero-order chi connectivity index (χ0) is 17.2. The molecular weight excluding hydrogens is 304 g/mol. The van der Waals surface area contributed by atoms with Gasteiger partial charge in [-0.05, 0) is 37.3 Å². The van der Waals surface area contributed by atoms with Crippen molar-refractivity contribution in [1.29, 1.82) is 0 Å². The highest BCUT2D eigenvalue weighted by Gasteiger charge is 2.19. The zero-order valence-electron chi connectivity index (χ0n) is 14.6. The number of piperidine rings is 1. The Morgan fingerprint density at radius 2 is 2.29 bits per heavy atom. The van der Waals surface area contributed by atoms with Crippen LogP contribution in [0.4, 0.5) is 5.82 Å². The molecule has 1 unspecified atom stereocenters. The molecule has 2 aromatic rings. The van der Waals surface area contributed by atoms with Gasteiger partial charge in [-0.15, -0.1) is 0 Å². The van der Waals surface area contributed by atoms with Crippen LogP contribution in [0.5, 0.6) is 0 Å². The van der Waals surface area contributed by atoms with Gasteiger partial charge >= 0.3 is 0 Å². The number of nitrogens with one attached hydrogen (secondary N) is 3. The molecule has 1 fully saturated rings. The smallest absolute Gasteiger partial charge is 0.277 e. The molecule has 3 heterocycles. The topological polar surface area (TPSA) is 87.6 Å². The number of H-pyrrole nitrogens is 1. The molecule has 3 N–H and O–H groups in total. The van der Waals surface area contributed by atoms with Gasteiger partial charge in [0.2, 0.25) is 0 Å². The Morgan fingerprint density at radius 1 is 1.46 bits per heavy atom. The molecule has 0 bridgehead atoms. The second-order valence-corrected chi connectivity index (χ2v) is 7.65. The first-order valence-electron chi connectivity index (χ1n) is 8.52. The van der Waals surface area contributed by atoms with Crippen LogP contribution in [0.25, 0.3) is 0 Å². The summed E-state index contributed by atoms with van der Waals surface area (Å²) in [6, 6.07) is 3.96. The maximum absolute atomic E-state index is 12.3. The van der Waals surface area contributed by atoms with Crippen molar-refractivity contribution in [2.75, 3.05) is 18.4 Å². The van der Waals surface area contributed by atoms with Crippen molar-refractivity contribution in [3.8, 4) is 0 Å². The van der Waals surface area contributed by atoms with Gasteiger partial charge in [-0.3, -0.25) is 14.6 Å². The fourth-order valence-electron chi connectivity index (χ4n) is 2.99. The van der Waals surface area contributed by atoms with E-state index in [0.717, 1.165) is 38.0 Å². The maximum Gasteiger partial charge on any atom is 0.277 e. The Bertz CT molecular complexity index is 690. The highest BCUT2D eigenvalue weighted by atomic mass is 16.2. The van der Waals surface area contributed by atoms with Crippen molar-refractivity contribution in [3.05, 3.63) is 29.7 Å². The van der Waals surface area contributed by atoms with Gasteiger partial charge in [0.25, 0.3) is 5.91 Å². The third-order valence-corrected chi connectivity index (χ3v) is 4.08. The molecule has 0 aliphatic carbocycles. The van der Waals surface area contributed by atoms with E-state index in [1.165, 1.54) is 0 Å². The molecule has 1 atom stereocenters. The van der Waals surface area contributed by atoms with E-state index in [4.69, 9.17) is 0 Å². The van der Waals surface area contributed by atoms with Gasteiger partial charge in [-0.25, -0.2) is 0 Å². The molecule has 24 heavy (non-hydrogen) atoms. The largest absolute Gasteiger partial charge is 0.315 e. The quantitative estimate of drug-likeness (QED) is 0.803. The SMILES string of the molecule is CC(C)(C)Cc1cc(NC(=O)c2ccn(C3CCCNC3)n2)n[nH]1. The fraction of sp³-hybridized carbons (Fsp3) is 0.588. The molecule has 1 aliphatic rings. The van der Waals surface area contributed by atoms with Crippen LogP contribution in [0.1, 0.15) is 55.8 Å². The van der Waals surface area contributed by atoms with Crippen molar-refractivity contribution < 1.29 is 4.79 Å².